The van der Waals surface area contributed by atoms with Crippen LogP contribution < -0.4 is 4.74 Å². The van der Waals surface area contributed by atoms with E-state index in [1.54, 1.807) is 37.3 Å². The standard InChI is InChI=1S/C22H17F3O4/c1-14(22(27)28)17-8-2-15(3-9-17)4-10-18(26)11-5-16-6-12-19(13-7-16)29-21(25)20(23)24/h2-14H,1H3,(H,27,28). The Hall–Kier alpha value is -3.61. The number of carboxylic acids is 1. The molecule has 2 aromatic rings. The van der Waals surface area contributed by atoms with Crippen LogP contribution in [0.1, 0.15) is 29.5 Å². The van der Waals surface area contributed by atoms with Gasteiger partial charge in [-0.2, -0.15) is 13.2 Å². The average Bonchev–Trinajstić information content (AvgIpc) is 2.71. The molecule has 150 valence electrons. The molecule has 0 amide bonds. The van der Waals surface area contributed by atoms with Gasteiger partial charge in [0, 0.05) is 0 Å². The van der Waals surface area contributed by atoms with Gasteiger partial charge < -0.3 is 9.84 Å². The Kier molecular flexibility index (Phi) is 7.54. The topological polar surface area (TPSA) is 63.6 Å². The van der Waals surface area contributed by atoms with Crippen LogP contribution >= 0.6 is 0 Å². The zero-order valence-electron chi connectivity index (χ0n) is 15.3. The molecule has 0 aliphatic rings. The van der Waals surface area contributed by atoms with Gasteiger partial charge in [0.2, 0.25) is 0 Å². The molecule has 0 fully saturated rings. The van der Waals surface area contributed by atoms with Crippen LogP contribution in [-0.4, -0.2) is 16.9 Å². The van der Waals surface area contributed by atoms with Gasteiger partial charge in [0.05, 0.1) is 5.92 Å². The van der Waals surface area contributed by atoms with Gasteiger partial charge in [-0.1, -0.05) is 48.6 Å². The Balaban J connectivity index is 1.95. The van der Waals surface area contributed by atoms with Crippen molar-refractivity contribution >= 4 is 23.9 Å². The van der Waals surface area contributed by atoms with E-state index in [1.807, 2.05) is 0 Å². The molecular formula is C22H17F3O4. The van der Waals surface area contributed by atoms with Crippen molar-refractivity contribution in [2.75, 3.05) is 0 Å². The lowest BCUT2D eigenvalue weighted by Gasteiger charge is -2.06. The van der Waals surface area contributed by atoms with Crippen molar-refractivity contribution in [1.82, 2.24) is 0 Å². The number of ether oxygens (including phenoxy) is 1. The van der Waals surface area contributed by atoms with Crippen LogP contribution in [0.2, 0.25) is 0 Å². The van der Waals surface area contributed by atoms with E-state index in [1.165, 1.54) is 42.5 Å². The van der Waals surface area contributed by atoms with Crippen LogP contribution in [0.4, 0.5) is 13.2 Å². The fraction of sp³-hybridized carbons (Fsp3) is 0.0909. The summed E-state index contributed by atoms with van der Waals surface area (Å²) in [5.74, 6) is -1.91. The van der Waals surface area contributed by atoms with Crippen molar-refractivity contribution in [3.05, 3.63) is 89.5 Å². The van der Waals surface area contributed by atoms with Crippen molar-refractivity contribution in [2.24, 2.45) is 0 Å². The largest absolute Gasteiger partial charge is 0.481 e. The van der Waals surface area contributed by atoms with E-state index in [-0.39, 0.29) is 11.5 Å². The summed E-state index contributed by atoms with van der Waals surface area (Å²) in [4.78, 5) is 22.9. The normalized spacial score (nSPS) is 12.1. The fourth-order valence-corrected chi connectivity index (χ4v) is 2.24. The number of rotatable bonds is 8. The molecule has 0 aromatic heterocycles. The van der Waals surface area contributed by atoms with E-state index < -0.39 is 24.0 Å². The molecule has 29 heavy (non-hydrogen) atoms. The number of allylic oxidation sites excluding steroid dienone is 2. The molecule has 0 aliphatic heterocycles. The second-order valence-electron chi connectivity index (χ2n) is 6.00. The van der Waals surface area contributed by atoms with Crippen molar-refractivity contribution in [3.63, 3.8) is 0 Å². The minimum atomic E-state index is -2.54. The van der Waals surface area contributed by atoms with Crippen LogP contribution in [0, 0.1) is 0 Å². The van der Waals surface area contributed by atoms with E-state index in [2.05, 4.69) is 4.74 Å². The summed E-state index contributed by atoms with van der Waals surface area (Å²) in [5.41, 5.74) is 2.00. The van der Waals surface area contributed by atoms with Crippen molar-refractivity contribution in [3.8, 4) is 5.75 Å². The Labute approximate surface area is 165 Å². The molecule has 0 bridgehead atoms. The van der Waals surface area contributed by atoms with E-state index >= 15 is 0 Å². The first kappa shape index (κ1) is 21.7. The summed E-state index contributed by atoms with van der Waals surface area (Å²) in [6.07, 6.45) is 3.23. The molecule has 0 saturated carbocycles. The first-order valence-corrected chi connectivity index (χ1v) is 8.48. The second-order valence-corrected chi connectivity index (χ2v) is 6.00. The van der Waals surface area contributed by atoms with Gasteiger partial charge in [0.1, 0.15) is 5.75 Å². The van der Waals surface area contributed by atoms with E-state index in [4.69, 9.17) is 5.11 Å². The molecule has 2 rings (SSSR count). The number of benzene rings is 2. The highest BCUT2D eigenvalue weighted by Gasteiger charge is 2.12. The van der Waals surface area contributed by atoms with Gasteiger partial charge in [0.15, 0.2) is 5.78 Å². The Morgan fingerprint density at radius 2 is 1.38 bits per heavy atom. The van der Waals surface area contributed by atoms with Crippen molar-refractivity contribution in [1.29, 1.82) is 0 Å². The van der Waals surface area contributed by atoms with Crippen molar-refractivity contribution in [2.45, 2.75) is 12.8 Å². The van der Waals surface area contributed by atoms with Gasteiger partial charge in [-0.3, -0.25) is 9.59 Å². The lowest BCUT2D eigenvalue weighted by molar-refractivity contribution is -0.138. The molecule has 0 heterocycles. The van der Waals surface area contributed by atoms with Gasteiger partial charge in [-0.15, -0.1) is 0 Å². The van der Waals surface area contributed by atoms with Crippen LogP contribution in [0.3, 0.4) is 0 Å². The predicted molar refractivity (Wildman–Crippen MR) is 103 cm³/mol. The maximum Gasteiger partial charge on any atom is 0.344 e. The number of hydrogen-bond donors (Lipinski definition) is 1. The maximum absolute atomic E-state index is 12.7. The number of hydrogen-bond acceptors (Lipinski definition) is 3. The van der Waals surface area contributed by atoms with Crippen molar-refractivity contribution < 1.29 is 32.6 Å². The van der Waals surface area contributed by atoms with Crippen LogP contribution in [0.15, 0.2) is 72.8 Å². The minimum absolute atomic E-state index is 0.0978. The zero-order chi connectivity index (χ0) is 21.4. The lowest BCUT2D eigenvalue weighted by Crippen LogP contribution is -2.06. The molecule has 0 spiro atoms. The molecule has 7 heteroatoms. The third kappa shape index (κ3) is 6.80. The molecule has 0 aliphatic carbocycles. The van der Waals surface area contributed by atoms with E-state index in [0.29, 0.717) is 11.1 Å². The second kappa shape index (κ2) is 10.1. The number of carbonyl (C=O) groups is 2. The third-order valence-corrected chi connectivity index (χ3v) is 3.92. The van der Waals surface area contributed by atoms with E-state index in [0.717, 1.165) is 5.56 Å². The SMILES string of the molecule is CC(C(=O)O)c1ccc(C=CC(=O)C=Cc2ccc(OC(F)=C(F)F)cc2)cc1. The monoisotopic (exact) mass is 402 g/mol. The van der Waals surface area contributed by atoms with Gasteiger partial charge in [-0.05, 0) is 47.9 Å². The zero-order valence-corrected chi connectivity index (χ0v) is 15.3. The van der Waals surface area contributed by atoms with Crippen LogP contribution in [0.5, 0.6) is 5.75 Å². The fourth-order valence-electron chi connectivity index (χ4n) is 2.24. The molecule has 1 N–H and O–H groups in total. The smallest absolute Gasteiger partial charge is 0.344 e. The summed E-state index contributed by atoms with van der Waals surface area (Å²) in [6, 6.07) is 10.4. The van der Waals surface area contributed by atoms with Crippen LogP contribution in [0.25, 0.3) is 12.2 Å². The van der Waals surface area contributed by atoms with Gasteiger partial charge in [0.25, 0.3) is 0 Å². The molecule has 0 radical (unpaired) electrons. The lowest BCUT2D eigenvalue weighted by atomic mass is 10.00. The Bertz CT molecular complexity index is 955. The molecular weight excluding hydrogens is 385 g/mol. The predicted octanol–water partition coefficient (Wildman–Crippen LogP) is 5.58. The third-order valence-electron chi connectivity index (χ3n) is 3.92. The van der Waals surface area contributed by atoms with Crippen LogP contribution in [-0.2, 0) is 9.59 Å². The molecule has 2 aromatic carbocycles. The molecule has 4 nitrogen and oxygen atoms in total. The highest BCUT2D eigenvalue weighted by Crippen LogP contribution is 2.19. The highest BCUT2D eigenvalue weighted by atomic mass is 19.3. The summed E-state index contributed by atoms with van der Waals surface area (Å²) < 4.78 is 41.0. The minimum Gasteiger partial charge on any atom is -0.481 e. The van der Waals surface area contributed by atoms with Gasteiger partial charge in [-0.25, -0.2) is 0 Å². The number of halogens is 3. The Morgan fingerprint density at radius 3 is 1.83 bits per heavy atom. The first-order valence-electron chi connectivity index (χ1n) is 8.48. The number of ketones is 1. The van der Waals surface area contributed by atoms with Gasteiger partial charge >= 0.3 is 18.1 Å². The number of aliphatic carboxylic acids is 1. The number of carbonyl (C=O) groups excluding carboxylic acids is 1. The first-order chi connectivity index (χ1) is 13.8. The van der Waals surface area contributed by atoms with E-state index in [9.17, 15) is 22.8 Å². The molecule has 0 saturated heterocycles. The molecule has 1 unspecified atom stereocenters. The molecule has 1 atom stereocenters. The highest BCUT2D eigenvalue weighted by molar-refractivity contribution is 6.04. The number of carboxylic acid groups (broad SMARTS) is 1. The Morgan fingerprint density at radius 1 is 0.897 bits per heavy atom. The summed E-state index contributed by atoms with van der Waals surface area (Å²) in [7, 11) is 0. The summed E-state index contributed by atoms with van der Waals surface area (Å²) in [5, 5.41) is 8.99. The average molecular weight is 402 g/mol. The maximum atomic E-state index is 12.7. The quantitative estimate of drug-likeness (QED) is 0.462. The summed E-state index contributed by atoms with van der Waals surface area (Å²) in [6.45, 7) is 1.59. The summed E-state index contributed by atoms with van der Waals surface area (Å²) >= 11 is 0.